The number of hydrogen-bond donors (Lipinski definition) is 1. The van der Waals surface area contributed by atoms with Crippen LogP contribution in [0.25, 0.3) is 21.3 Å². The Kier molecular flexibility index (Phi) is 6.94. The SMILES string of the molecule is O=C1NC(=O)C(Cc2nnc(C(c3nc4c(F)cc(-c5ccccc5)cc4s3)S(=O)(=O)Cc3ccccc3)o2)S1. The molecule has 202 valence electrons. The molecule has 1 N–H and O–H groups in total. The summed E-state index contributed by atoms with van der Waals surface area (Å²) in [7, 11) is -4.05. The molecule has 1 saturated heterocycles. The topological polar surface area (TPSA) is 132 Å². The number of nitrogens with one attached hydrogen (secondary N) is 1. The van der Waals surface area contributed by atoms with Crippen LogP contribution < -0.4 is 5.32 Å². The van der Waals surface area contributed by atoms with Crippen molar-refractivity contribution in [1.82, 2.24) is 20.5 Å². The maximum absolute atomic E-state index is 15.2. The highest BCUT2D eigenvalue weighted by Gasteiger charge is 2.38. The van der Waals surface area contributed by atoms with Crippen LogP contribution in [0.4, 0.5) is 9.18 Å². The monoisotopic (exact) mass is 594 g/mol. The number of halogens is 1. The minimum absolute atomic E-state index is 0.00378. The molecule has 40 heavy (non-hydrogen) atoms. The summed E-state index contributed by atoms with van der Waals surface area (Å²) in [5.41, 5.74) is 2.02. The molecule has 2 unspecified atom stereocenters. The molecule has 2 atom stereocenters. The number of benzene rings is 3. The summed E-state index contributed by atoms with van der Waals surface area (Å²) in [6.07, 6.45) is -0.0599. The van der Waals surface area contributed by atoms with Crippen LogP contribution in [-0.2, 0) is 26.8 Å². The van der Waals surface area contributed by atoms with Crippen molar-refractivity contribution in [2.24, 2.45) is 0 Å². The lowest BCUT2D eigenvalue weighted by Gasteiger charge is -2.12. The second-order valence-electron chi connectivity index (χ2n) is 9.02. The molecule has 2 aromatic heterocycles. The normalized spacial score (nSPS) is 16.4. The van der Waals surface area contributed by atoms with E-state index in [2.05, 4.69) is 20.5 Å². The molecule has 0 saturated carbocycles. The Morgan fingerprint density at radius 1 is 0.975 bits per heavy atom. The zero-order valence-corrected chi connectivity index (χ0v) is 22.9. The summed E-state index contributed by atoms with van der Waals surface area (Å²) in [5, 5.41) is 7.48. The molecule has 0 bridgehead atoms. The summed E-state index contributed by atoms with van der Waals surface area (Å²) in [6, 6.07) is 21.0. The van der Waals surface area contributed by atoms with E-state index in [1.165, 1.54) is 6.07 Å². The van der Waals surface area contributed by atoms with Gasteiger partial charge in [0.1, 0.15) is 15.8 Å². The molecule has 5 aromatic rings. The van der Waals surface area contributed by atoms with E-state index in [-0.39, 0.29) is 34.5 Å². The Morgan fingerprint density at radius 3 is 2.40 bits per heavy atom. The van der Waals surface area contributed by atoms with Crippen LogP contribution in [-0.4, -0.2) is 40.0 Å². The number of fused-ring (bicyclic) bond motifs is 1. The van der Waals surface area contributed by atoms with Gasteiger partial charge in [-0.3, -0.25) is 14.9 Å². The Morgan fingerprint density at radius 2 is 1.70 bits per heavy atom. The van der Waals surface area contributed by atoms with Crippen LogP contribution in [0.15, 0.2) is 77.2 Å². The zero-order chi connectivity index (χ0) is 27.9. The van der Waals surface area contributed by atoms with Crippen molar-refractivity contribution < 1.29 is 26.8 Å². The van der Waals surface area contributed by atoms with Crippen LogP contribution >= 0.6 is 23.1 Å². The first kappa shape index (κ1) is 26.3. The van der Waals surface area contributed by atoms with Gasteiger partial charge in [-0.2, -0.15) is 0 Å². The number of imide groups is 1. The zero-order valence-electron chi connectivity index (χ0n) is 20.5. The van der Waals surface area contributed by atoms with Crippen LogP contribution in [0.5, 0.6) is 0 Å². The first-order valence-electron chi connectivity index (χ1n) is 12.0. The van der Waals surface area contributed by atoms with Gasteiger partial charge in [-0.25, -0.2) is 17.8 Å². The first-order valence-corrected chi connectivity index (χ1v) is 15.4. The quantitative estimate of drug-likeness (QED) is 0.261. The van der Waals surface area contributed by atoms with E-state index in [1.54, 1.807) is 36.4 Å². The van der Waals surface area contributed by atoms with Crippen molar-refractivity contribution in [2.45, 2.75) is 22.7 Å². The number of nitrogens with zero attached hydrogens (tertiary/aromatic N) is 3. The number of rotatable bonds is 8. The fourth-order valence-electron chi connectivity index (χ4n) is 4.36. The molecule has 0 aliphatic carbocycles. The molecular weight excluding hydrogens is 576 g/mol. The molecule has 3 aromatic carbocycles. The largest absolute Gasteiger partial charge is 0.423 e. The van der Waals surface area contributed by atoms with Gasteiger partial charge < -0.3 is 4.42 Å². The molecule has 3 heterocycles. The van der Waals surface area contributed by atoms with Crippen molar-refractivity contribution in [2.75, 3.05) is 0 Å². The number of carbonyl (C=O) groups is 2. The third-order valence-electron chi connectivity index (χ3n) is 6.20. The number of sulfone groups is 1. The van der Waals surface area contributed by atoms with Gasteiger partial charge in [-0.05, 0) is 28.8 Å². The molecule has 2 amide bonds. The maximum Gasteiger partial charge on any atom is 0.286 e. The highest BCUT2D eigenvalue weighted by atomic mass is 32.2. The average Bonchev–Trinajstić information content (AvgIpc) is 3.64. The van der Waals surface area contributed by atoms with Crippen LogP contribution in [0.1, 0.15) is 27.6 Å². The number of aromatic nitrogens is 3. The molecular formula is C27H19FN4O5S3. The van der Waals surface area contributed by atoms with Crippen molar-refractivity contribution in [3.05, 3.63) is 101 Å². The fourth-order valence-corrected chi connectivity index (χ4v) is 8.34. The van der Waals surface area contributed by atoms with E-state index in [4.69, 9.17) is 4.42 Å². The average molecular weight is 595 g/mol. The lowest BCUT2D eigenvalue weighted by atomic mass is 10.1. The highest BCUT2D eigenvalue weighted by Crippen LogP contribution is 2.39. The number of amides is 2. The van der Waals surface area contributed by atoms with Gasteiger partial charge in [0.2, 0.25) is 17.7 Å². The molecule has 1 aliphatic rings. The molecule has 0 radical (unpaired) electrons. The predicted molar refractivity (Wildman–Crippen MR) is 149 cm³/mol. The fraction of sp³-hybridized carbons (Fsp3) is 0.148. The number of thiazole rings is 1. The Labute approximate surface area is 235 Å². The van der Waals surface area contributed by atoms with E-state index in [9.17, 15) is 18.0 Å². The summed E-state index contributed by atoms with van der Waals surface area (Å²) in [6.45, 7) is 0. The minimum atomic E-state index is -4.05. The molecule has 6 rings (SSSR count). The van der Waals surface area contributed by atoms with Crippen LogP contribution in [0, 0.1) is 5.82 Å². The predicted octanol–water partition coefficient (Wildman–Crippen LogP) is 5.08. The Balaban J connectivity index is 1.42. The number of carbonyl (C=O) groups excluding carboxylic acids is 2. The molecule has 0 spiro atoms. The highest BCUT2D eigenvalue weighted by molar-refractivity contribution is 8.15. The summed E-state index contributed by atoms with van der Waals surface area (Å²) in [4.78, 5) is 27.9. The van der Waals surface area contributed by atoms with Crippen molar-refractivity contribution in [1.29, 1.82) is 0 Å². The van der Waals surface area contributed by atoms with E-state index in [1.807, 2.05) is 30.3 Å². The van der Waals surface area contributed by atoms with Gasteiger partial charge in [0, 0.05) is 6.42 Å². The van der Waals surface area contributed by atoms with Crippen molar-refractivity contribution in [3.8, 4) is 11.1 Å². The lowest BCUT2D eigenvalue weighted by molar-refractivity contribution is -0.119. The smallest absolute Gasteiger partial charge is 0.286 e. The number of hydrogen-bond acceptors (Lipinski definition) is 10. The summed E-state index contributed by atoms with van der Waals surface area (Å²) in [5.74, 6) is -1.67. The van der Waals surface area contributed by atoms with E-state index in [0.29, 0.717) is 15.8 Å². The van der Waals surface area contributed by atoms with Crippen LogP contribution in [0.3, 0.4) is 0 Å². The van der Waals surface area contributed by atoms with E-state index >= 15 is 4.39 Å². The van der Waals surface area contributed by atoms with Gasteiger partial charge in [0.15, 0.2) is 20.9 Å². The van der Waals surface area contributed by atoms with Gasteiger partial charge in [-0.1, -0.05) is 72.4 Å². The third-order valence-corrected chi connectivity index (χ3v) is 10.3. The maximum atomic E-state index is 15.2. The van der Waals surface area contributed by atoms with Crippen molar-refractivity contribution >= 4 is 54.3 Å². The van der Waals surface area contributed by atoms with Crippen molar-refractivity contribution in [3.63, 3.8) is 0 Å². The molecule has 1 aliphatic heterocycles. The van der Waals surface area contributed by atoms with Gasteiger partial charge in [-0.15, -0.1) is 21.5 Å². The van der Waals surface area contributed by atoms with Crippen LogP contribution in [0.2, 0.25) is 0 Å². The second-order valence-corrected chi connectivity index (χ2v) is 13.3. The van der Waals surface area contributed by atoms with Gasteiger partial charge >= 0.3 is 0 Å². The molecule has 1 fully saturated rings. The number of thioether (sulfide) groups is 1. The second kappa shape index (κ2) is 10.6. The Bertz CT molecular complexity index is 1840. The molecule has 13 heteroatoms. The van der Waals surface area contributed by atoms with Gasteiger partial charge in [0.25, 0.3) is 5.24 Å². The minimum Gasteiger partial charge on any atom is -0.423 e. The molecule has 9 nitrogen and oxygen atoms in total. The van der Waals surface area contributed by atoms with E-state index < -0.39 is 37.3 Å². The summed E-state index contributed by atoms with van der Waals surface area (Å²) < 4.78 is 49.1. The summed E-state index contributed by atoms with van der Waals surface area (Å²) >= 11 is 1.83. The Hall–Kier alpha value is -3.94. The third kappa shape index (κ3) is 5.27. The lowest BCUT2D eigenvalue weighted by Crippen LogP contribution is -2.25. The first-order chi connectivity index (χ1) is 19.3. The van der Waals surface area contributed by atoms with Gasteiger partial charge in [0.05, 0.1) is 10.5 Å². The standard InChI is InChI=1S/C27H19FN4O5S3/c28-18-11-17(16-9-5-2-6-10-16)12-19-22(18)29-26(38-19)23(40(35,36)14-15-7-3-1-4-8-15)25-32-31-21(37-25)13-20-24(33)30-27(34)39-20/h1-12,20,23H,13-14H2,(H,30,33,34). The van der Waals surface area contributed by atoms with E-state index in [0.717, 1.165) is 28.7 Å².